The maximum Gasteiger partial charge on any atom is 0.259 e. The van der Waals surface area contributed by atoms with E-state index in [1.165, 1.54) is 11.6 Å². The molecule has 0 aromatic heterocycles. The molecular weight excluding hydrogens is 276 g/mol. The normalized spacial score (nSPS) is 10.8. The van der Waals surface area contributed by atoms with Crippen LogP contribution in [0, 0.1) is 18.3 Å². The number of nitrogens with two attached hydrogens (primary N) is 1. The van der Waals surface area contributed by atoms with Crippen LogP contribution in [0.1, 0.15) is 16.7 Å². The molecule has 0 aliphatic carbocycles. The second-order valence-corrected chi connectivity index (χ2v) is 4.82. The van der Waals surface area contributed by atoms with Gasteiger partial charge < -0.3 is 10.5 Å². The van der Waals surface area contributed by atoms with Gasteiger partial charge in [-0.05, 0) is 41.8 Å². The zero-order chi connectivity index (χ0) is 15.9. The third-order valence-corrected chi connectivity index (χ3v) is 3.23. The van der Waals surface area contributed by atoms with Gasteiger partial charge in [0, 0.05) is 0 Å². The number of hydrogen-bond acceptors (Lipinski definition) is 3. The third kappa shape index (κ3) is 3.97. The lowest BCUT2D eigenvalue weighted by Crippen LogP contribution is -2.12. The molecule has 2 aromatic rings. The van der Waals surface area contributed by atoms with Crippen molar-refractivity contribution in [3.63, 3.8) is 0 Å². The van der Waals surface area contributed by atoms with Gasteiger partial charge in [0.25, 0.3) is 5.91 Å². The largest absolute Gasteiger partial charge is 0.489 e. The quantitative estimate of drug-likeness (QED) is 0.680. The molecule has 2 N–H and O–H groups in total. The standard InChI is InChI=1S/C18H16N2O2/c1-13-4-2-3-5-15(13)12-22-17-8-6-14(7-9-17)10-16(11-19)18(20)21/h2-10H,12H2,1H3,(H2,20,21)/b16-10+. The van der Waals surface area contributed by atoms with Crippen LogP contribution in [-0.4, -0.2) is 5.91 Å². The van der Waals surface area contributed by atoms with Crippen LogP contribution in [0.4, 0.5) is 0 Å². The topological polar surface area (TPSA) is 76.1 Å². The summed E-state index contributed by atoms with van der Waals surface area (Å²) in [4.78, 5) is 11.0. The number of nitrogens with zero attached hydrogens (tertiary/aromatic N) is 1. The summed E-state index contributed by atoms with van der Waals surface area (Å²) in [6, 6.07) is 16.9. The monoisotopic (exact) mass is 292 g/mol. The smallest absolute Gasteiger partial charge is 0.259 e. The van der Waals surface area contributed by atoms with Crippen molar-refractivity contribution >= 4 is 12.0 Å². The Labute approximate surface area is 129 Å². The van der Waals surface area contributed by atoms with Gasteiger partial charge >= 0.3 is 0 Å². The molecule has 0 spiro atoms. The SMILES string of the molecule is Cc1ccccc1COc1ccc(/C=C(\C#N)C(N)=O)cc1. The predicted octanol–water partition coefficient (Wildman–Crippen LogP) is 2.97. The maximum absolute atomic E-state index is 11.0. The Morgan fingerprint density at radius 1 is 1.23 bits per heavy atom. The molecule has 4 nitrogen and oxygen atoms in total. The Kier molecular flexibility index (Phi) is 4.94. The van der Waals surface area contributed by atoms with Gasteiger partial charge in [-0.3, -0.25) is 4.79 Å². The lowest BCUT2D eigenvalue weighted by Gasteiger charge is -2.08. The summed E-state index contributed by atoms with van der Waals surface area (Å²) in [5.41, 5.74) is 8.06. The van der Waals surface area contributed by atoms with Gasteiger partial charge in [-0.2, -0.15) is 5.26 Å². The molecular formula is C18H16N2O2. The second-order valence-electron chi connectivity index (χ2n) is 4.82. The van der Waals surface area contributed by atoms with Crippen LogP contribution >= 0.6 is 0 Å². The summed E-state index contributed by atoms with van der Waals surface area (Å²) < 4.78 is 5.73. The van der Waals surface area contributed by atoms with Gasteiger partial charge in [-0.25, -0.2) is 0 Å². The van der Waals surface area contributed by atoms with E-state index in [-0.39, 0.29) is 5.57 Å². The van der Waals surface area contributed by atoms with Gasteiger partial charge in [0.05, 0.1) is 0 Å². The number of rotatable bonds is 5. The Morgan fingerprint density at radius 2 is 1.91 bits per heavy atom. The minimum absolute atomic E-state index is 0.0754. The molecule has 0 atom stereocenters. The van der Waals surface area contributed by atoms with Crippen LogP contribution in [-0.2, 0) is 11.4 Å². The highest BCUT2D eigenvalue weighted by Crippen LogP contribution is 2.17. The van der Waals surface area contributed by atoms with Crippen molar-refractivity contribution in [1.29, 1.82) is 5.26 Å². The minimum Gasteiger partial charge on any atom is -0.489 e. The zero-order valence-corrected chi connectivity index (χ0v) is 12.2. The molecule has 4 heteroatoms. The summed E-state index contributed by atoms with van der Waals surface area (Å²) in [7, 11) is 0. The average molecular weight is 292 g/mol. The summed E-state index contributed by atoms with van der Waals surface area (Å²) >= 11 is 0. The van der Waals surface area contributed by atoms with E-state index in [1.54, 1.807) is 30.3 Å². The van der Waals surface area contributed by atoms with Crippen LogP contribution in [0.3, 0.4) is 0 Å². The highest BCUT2D eigenvalue weighted by atomic mass is 16.5. The highest BCUT2D eigenvalue weighted by Gasteiger charge is 2.03. The fourth-order valence-electron chi connectivity index (χ4n) is 1.92. The van der Waals surface area contributed by atoms with Crippen molar-refractivity contribution in [2.24, 2.45) is 5.73 Å². The number of primary amides is 1. The highest BCUT2D eigenvalue weighted by molar-refractivity contribution is 6.00. The summed E-state index contributed by atoms with van der Waals surface area (Å²) in [5, 5.41) is 8.80. The molecule has 2 aromatic carbocycles. The molecule has 110 valence electrons. The molecule has 0 fully saturated rings. The molecule has 1 amide bonds. The van der Waals surface area contributed by atoms with Crippen LogP contribution in [0.25, 0.3) is 6.08 Å². The number of nitriles is 1. The number of hydrogen-bond donors (Lipinski definition) is 1. The predicted molar refractivity (Wildman–Crippen MR) is 84.7 cm³/mol. The Hall–Kier alpha value is -3.06. The first-order valence-corrected chi connectivity index (χ1v) is 6.79. The maximum atomic E-state index is 11.0. The number of carbonyl (C=O) groups is 1. The van der Waals surface area contributed by atoms with Crippen molar-refractivity contribution in [1.82, 2.24) is 0 Å². The number of ether oxygens (including phenoxy) is 1. The molecule has 0 heterocycles. The van der Waals surface area contributed by atoms with E-state index in [0.29, 0.717) is 6.61 Å². The molecule has 0 unspecified atom stereocenters. The molecule has 22 heavy (non-hydrogen) atoms. The van der Waals surface area contributed by atoms with E-state index < -0.39 is 5.91 Å². The van der Waals surface area contributed by atoms with Crippen molar-refractivity contribution in [3.05, 3.63) is 70.8 Å². The van der Waals surface area contributed by atoms with E-state index in [2.05, 4.69) is 0 Å². The van der Waals surface area contributed by atoms with E-state index >= 15 is 0 Å². The lowest BCUT2D eigenvalue weighted by atomic mass is 10.1. The molecule has 2 rings (SSSR count). The summed E-state index contributed by atoms with van der Waals surface area (Å²) in [5.74, 6) is -0.0136. The number of benzene rings is 2. The van der Waals surface area contributed by atoms with Crippen molar-refractivity contribution in [3.8, 4) is 11.8 Å². The molecule has 0 radical (unpaired) electrons. The number of carbonyl (C=O) groups excluding carboxylic acids is 1. The fraction of sp³-hybridized carbons (Fsp3) is 0.111. The van der Waals surface area contributed by atoms with Crippen molar-refractivity contribution < 1.29 is 9.53 Å². The first-order chi connectivity index (χ1) is 10.6. The van der Waals surface area contributed by atoms with Gasteiger partial charge in [0.2, 0.25) is 0 Å². The van der Waals surface area contributed by atoms with Gasteiger partial charge in [0.15, 0.2) is 0 Å². The van der Waals surface area contributed by atoms with E-state index in [9.17, 15) is 4.79 Å². The van der Waals surface area contributed by atoms with Crippen molar-refractivity contribution in [2.75, 3.05) is 0 Å². The van der Waals surface area contributed by atoms with Crippen LogP contribution in [0.5, 0.6) is 5.75 Å². The summed E-state index contributed by atoms with van der Waals surface area (Å²) in [6.07, 6.45) is 1.45. The first kappa shape index (κ1) is 15.3. The van der Waals surface area contributed by atoms with E-state index in [4.69, 9.17) is 15.7 Å². The van der Waals surface area contributed by atoms with Gasteiger partial charge in [-0.15, -0.1) is 0 Å². The first-order valence-electron chi connectivity index (χ1n) is 6.79. The van der Waals surface area contributed by atoms with E-state index in [1.807, 2.05) is 31.2 Å². The summed E-state index contributed by atoms with van der Waals surface area (Å²) in [6.45, 7) is 2.53. The van der Waals surface area contributed by atoms with E-state index in [0.717, 1.165) is 16.9 Å². The Bertz CT molecular complexity index is 740. The van der Waals surface area contributed by atoms with Crippen LogP contribution in [0.15, 0.2) is 54.1 Å². The van der Waals surface area contributed by atoms with Crippen molar-refractivity contribution in [2.45, 2.75) is 13.5 Å². The Balaban J connectivity index is 2.05. The fourth-order valence-corrected chi connectivity index (χ4v) is 1.92. The average Bonchev–Trinajstić information content (AvgIpc) is 2.52. The second kappa shape index (κ2) is 7.09. The minimum atomic E-state index is -0.734. The molecule has 0 aliphatic rings. The molecule has 0 saturated carbocycles. The number of amides is 1. The molecule has 0 aliphatic heterocycles. The van der Waals surface area contributed by atoms with Crippen LogP contribution in [0.2, 0.25) is 0 Å². The molecule has 0 bridgehead atoms. The lowest BCUT2D eigenvalue weighted by molar-refractivity contribution is -0.114. The van der Waals surface area contributed by atoms with Gasteiger partial charge in [-0.1, -0.05) is 36.4 Å². The molecule has 0 saturated heterocycles. The third-order valence-electron chi connectivity index (χ3n) is 3.23. The number of aryl methyl sites for hydroxylation is 1. The zero-order valence-electron chi connectivity index (χ0n) is 12.2. The Morgan fingerprint density at radius 3 is 2.50 bits per heavy atom. The van der Waals surface area contributed by atoms with Gasteiger partial charge in [0.1, 0.15) is 24.0 Å². The van der Waals surface area contributed by atoms with Crippen LogP contribution < -0.4 is 10.5 Å².